The Balaban J connectivity index is 1.67. The summed E-state index contributed by atoms with van der Waals surface area (Å²) in [6.07, 6.45) is 0.653. The Morgan fingerprint density at radius 1 is 1.28 bits per heavy atom. The summed E-state index contributed by atoms with van der Waals surface area (Å²) in [6, 6.07) is 5.35. The van der Waals surface area contributed by atoms with Gasteiger partial charge < -0.3 is 29.2 Å². The number of ether oxygens (including phenoxy) is 4. The lowest BCUT2D eigenvalue weighted by atomic mass is 10.1. The number of hydrogen-bond acceptors (Lipinski definition) is 6. The number of carbonyl (C=O) groups excluding carboxylic acids is 2. The molecule has 3 rings (SSSR count). The van der Waals surface area contributed by atoms with E-state index in [4.69, 9.17) is 18.9 Å². The van der Waals surface area contributed by atoms with E-state index in [-0.39, 0.29) is 18.7 Å². The normalized spacial score (nSPS) is 19.0. The van der Waals surface area contributed by atoms with Gasteiger partial charge in [0.15, 0.2) is 11.5 Å². The minimum absolute atomic E-state index is 0.0713. The van der Waals surface area contributed by atoms with Crippen LogP contribution in [-0.4, -0.2) is 54.6 Å². The summed E-state index contributed by atoms with van der Waals surface area (Å²) in [5.41, 5.74) is 0.341. The zero-order valence-electron chi connectivity index (χ0n) is 17.5. The third kappa shape index (κ3) is 6.00. The second-order valence-electron chi connectivity index (χ2n) is 8.46. The van der Waals surface area contributed by atoms with Crippen LogP contribution in [0, 0.1) is 0 Å². The Hall–Kier alpha value is -2.48. The maximum Gasteiger partial charge on any atom is 0.407 e. The quantitative estimate of drug-likeness (QED) is 0.782. The molecule has 0 unspecified atom stereocenters. The molecule has 0 bridgehead atoms. The lowest BCUT2D eigenvalue weighted by molar-refractivity contribution is -0.142. The van der Waals surface area contributed by atoms with Gasteiger partial charge in [0.1, 0.15) is 11.7 Å². The van der Waals surface area contributed by atoms with E-state index < -0.39 is 17.8 Å². The first-order valence-electron chi connectivity index (χ1n) is 10.00. The van der Waals surface area contributed by atoms with Gasteiger partial charge >= 0.3 is 6.09 Å². The van der Waals surface area contributed by atoms with E-state index in [0.29, 0.717) is 37.6 Å². The number of nitrogens with zero attached hydrogens (tertiary/aromatic N) is 1. The van der Waals surface area contributed by atoms with Gasteiger partial charge in [-0.25, -0.2) is 4.79 Å². The summed E-state index contributed by atoms with van der Waals surface area (Å²) in [5.74, 6) is 1.30. The molecular weight excluding hydrogens is 376 g/mol. The lowest BCUT2D eigenvalue weighted by Crippen LogP contribution is -2.47. The molecule has 0 radical (unpaired) electrons. The van der Waals surface area contributed by atoms with E-state index in [1.807, 2.05) is 45.9 Å². The molecule has 2 aliphatic rings. The first-order chi connectivity index (χ1) is 13.7. The van der Waals surface area contributed by atoms with Crippen LogP contribution >= 0.6 is 0 Å². The number of amides is 2. The fraction of sp³-hybridized carbons (Fsp3) is 0.619. The van der Waals surface area contributed by atoms with Gasteiger partial charge in [0, 0.05) is 25.7 Å². The van der Waals surface area contributed by atoms with Crippen molar-refractivity contribution in [2.45, 2.75) is 64.8 Å². The molecule has 2 heterocycles. The summed E-state index contributed by atoms with van der Waals surface area (Å²) in [4.78, 5) is 26.8. The zero-order valence-corrected chi connectivity index (χ0v) is 17.5. The third-order valence-electron chi connectivity index (χ3n) is 4.58. The van der Waals surface area contributed by atoms with E-state index in [1.54, 1.807) is 4.90 Å². The van der Waals surface area contributed by atoms with Crippen molar-refractivity contribution >= 4 is 12.0 Å². The van der Waals surface area contributed by atoms with Gasteiger partial charge in [0.25, 0.3) is 5.91 Å². The smallest absolute Gasteiger partial charge is 0.407 e. The Morgan fingerprint density at radius 3 is 2.72 bits per heavy atom. The average molecular weight is 406 g/mol. The van der Waals surface area contributed by atoms with Crippen molar-refractivity contribution < 1.29 is 28.5 Å². The molecule has 0 aromatic heterocycles. The summed E-state index contributed by atoms with van der Waals surface area (Å²) in [7, 11) is 0. The maximum atomic E-state index is 13.0. The number of rotatable bonds is 6. The van der Waals surface area contributed by atoms with E-state index in [0.717, 1.165) is 12.0 Å². The summed E-state index contributed by atoms with van der Waals surface area (Å²) < 4.78 is 21.7. The van der Waals surface area contributed by atoms with Gasteiger partial charge in [-0.3, -0.25) is 4.79 Å². The monoisotopic (exact) mass is 406 g/mol. The second kappa shape index (κ2) is 8.90. The number of carbonyl (C=O) groups is 2. The van der Waals surface area contributed by atoms with Crippen LogP contribution in [0.2, 0.25) is 0 Å². The van der Waals surface area contributed by atoms with Crippen molar-refractivity contribution in [3.05, 3.63) is 23.8 Å². The van der Waals surface area contributed by atoms with Crippen LogP contribution in [0.15, 0.2) is 18.2 Å². The molecule has 0 saturated carbocycles. The van der Waals surface area contributed by atoms with Crippen molar-refractivity contribution in [1.82, 2.24) is 10.2 Å². The van der Waals surface area contributed by atoms with Gasteiger partial charge in [-0.1, -0.05) is 6.07 Å². The van der Waals surface area contributed by atoms with Crippen LogP contribution < -0.4 is 14.8 Å². The van der Waals surface area contributed by atoms with Crippen LogP contribution in [0.1, 0.15) is 46.1 Å². The highest BCUT2D eigenvalue weighted by molar-refractivity contribution is 5.81. The van der Waals surface area contributed by atoms with Crippen LogP contribution in [0.3, 0.4) is 0 Å². The van der Waals surface area contributed by atoms with Gasteiger partial charge in [-0.05, 0) is 58.2 Å². The molecule has 0 spiro atoms. The minimum Gasteiger partial charge on any atom is -0.454 e. The number of nitrogens with one attached hydrogen (secondary N) is 1. The number of hydrogen-bond donors (Lipinski definition) is 1. The molecule has 2 amide bonds. The Kier molecular flexibility index (Phi) is 6.52. The zero-order chi connectivity index (χ0) is 21.0. The minimum atomic E-state index is -0.580. The van der Waals surface area contributed by atoms with Crippen LogP contribution in [0.25, 0.3) is 0 Å². The predicted molar refractivity (Wildman–Crippen MR) is 106 cm³/mol. The highest BCUT2D eigenvalue weighted by Crippen LogP contribution is 2.33. The Morgan fingerprint density at radius 2 is 2.03 bits per heavy atom. The van der Waals surface area contributed by atoms with E-state index in [9.17, 15) is 9.59 Å². The molecule has 8 nitrogen and oxygen atoms in total. The number of alkyl carbamates (subject to hydrolysis) is 1. The van der Waals surface area contributed by atoms with Crippen LogP contribution in [-0.2, 0) is 20.8 Å². The SMILES string of the molecule is C[C@H](CN(Cc1ccc2c(c1)OCO2)C(=O)[C@H]1CCCO1)NC(=O)OC(C)(C)C. The molecule has 160 valence electrons. The molecule has 2 atom stereocenters. The van der Waals surface area contributed by atoms with Gasteiger partial charge in [-0.2, -0.15) is 0 Å². The Labute approximate surface area is 171 Å². The molecule has 0 aliphatic carbocycles. The second-order valence-corrected chi connectivity index (χ2v) is 8.46. The first kappa shape index (κ1) is 21.2. The van der Waals surface area contributed by atoms with Crippen LogP contribution in [0.5, 0.6) is 11.5 Å². The van der Waals surface area contributed by atoms with Crippen molar-refractivity contribution in [3.63, 3.8) is 0 Å². The lowest BCUT2D eigenvalue weighted by Gasteiger charge is -2.29. The first-order valence-corrected chi connectivity index (χ1v) is 10.00. The summed E-state index contributed by atoms with van der Waals surface area (Å²) in [6.45, 7) is 8.80. The van der Waals surface area contributed by atoms with Gasteiger partial charge in [-0.15, -0.1) is 0 Å². The summed E-state index contributed by atoms with van der Waals surface area (Å²) in [5, 5.41) is 2.80. The molecule has 1 fully saturated rings. The number of fused-ring (bicyclic) bond motifs is 1. The average Bonchev–Trinajstić information content (AvgIpc) is 3.30. The highest BCUT2D eigenvalue weighted by atomic mass is 16.7. The fourth-order valence-corrected chi connectivity index (χ4v) is 3.35. The molecule has 8 heteroatoms. The molecule has 29 heavy (non-hydrogen) atoms. The third-order valence-corrected chi connectivity index (χ3v) is 4.58. The van der Waals surface area contributed by atoms with Crippen LogP contribution in [0.4, 0.5) is 4.79 Å². The molecule has 1 saturated heterocycles. The largest absolute Gasteiger partial charge is 0.454 e. The van der Waals surface area contributed by atoms with Crippen molar-refractivity contribution in [2.24, 2.45) is 0 Å². The van der Waals surface area contributed by atoms with Crippen molar-refractivity contribution in [3.8, 4) is 11.5 Å². The topological polar surface area (TPSA) is 86.3 Å². The van der Waals surface area contributed by atoms with E-state index >= 15 is 0 Å². The molecular formula is C21H30N2O6. The summed E-state index contributed by atoms with van der Waals surface area (Å²) >= 11 is 0. The highest BCUT2D eigenvalue weighted by Gasteiger charge is 2.30. The standard InChI is InChI=1S/C21H30N2O6/c1-14(22-20(25)29-21(2,3)4)11-23(19(24)17-6-5-9-26-17)12-15-7-8-16-18(10-15)28-13-27-16/h7-8,10,14,17H,5-6,9,11-13H2,1-4H3,(H,22,25)/t14-,17-/m1/s1. The molecule has 1 aromatic carbocycles. The van der Waals surface area contributed by atoms with Gasteiger partial charge in [0.05, 0.1) is 0 Å². The molecule has 2 aliphatic heterocycles. The molecule has 1 aromatic rings. The molecule has 1 N–H and O–H groups in total. The fourth-order valence-electron chi connectivity index (χ4n) is 3.35. The van der Waals surface area contributed by atoms with Crippen molar-refractivity contribution in [1.29, 1.82) is 0 Å². The Bertz CT molecular complexity index is 739. The number of benzene rings is 1. The predicted octanol–water partition coefficient (Wildman–Crippen LogP) is 2.84. The van der Waals surface area contributed by atoms with Crippen molar-refractivity contribution in [2.75, 3.05) is 19.9 Å². The van der Waals surface area contributed by atoms with E-state index in [1.165, 1.54) is 0 Å². The van der Waals surface area contributed by atoms with E-state index in [2.05, 4.69) is 5.32 Å². The van der Waals surface area contributed by atoms with Gasteiger partial charge in [0.2, 0.25) is 6.79 Å². The maximum absolute atomic E-state index is 13.0.